The lowest BCUT2D eigenvalue weighted by Gasteiger charge is -2.41. The van der Waals surface area contributed by atoms with Gasteiger partial charge in [-0.15, -0.1) is 0 Å². The molecule has 150 valence electrons. The lowest BCUT2D eigenvalue weighted by Crippen LogP contribution is -2.52. The highest BCUT2D eigenvalue weighted by Gasteiger charge is 2.37. The molecule has 0 spiro atoms. The molecule has 2 aliphatic rings. The zero-order valence-corrected chi connectivity index (χ0v) is 17.5. The molecule has 2 heterocycles. The fourth-order valence-electron chi connectivity index (χ4n) is 3.33. The number of rotatable bonds is 8. The Morgan fingerprint density at radius 1 is 1.00 bits per heavy atom. The number of hydrogen-bond donors (Lipinski definition) is 0. The molecule has 0 amide bonds. The van der Waals surface area contributed by atoms with Crippen molar-refractivity contribution >= 4 is 12.9 Å². The van der Waals surface area contributed by atoms with Crippen LogP contribution < -0.4 is 10.2 Å². The van der Waals surface area contributed by atoms with E-state index in [1.54, 1.807) is 7.11 Å². The highest BCUT2D eigenvalue weighted by molar-refractivity contribution is 6.47. The summed E-state index contributed by atoms with van der Waals surface area (Å²) in [5, 5.41) is 0. The molecule has 2 fully saturated rings. The van der Waals surface area contributed by atoms with Crippen LogP contribution in [0.4, 0.5) is 0 Å². The van der Waals surface area contributed by atoms with E-state index in [0.29, 0.717) is 19.6 Å². The van der Waals surface area contributed by atoms with Gasteiger partial charge in [0.1, 0.15) is 11.9 Å². The van der Waals surface area contributed by atoms with Crippen LogP contribution in [-0.2, 0) is 14.1 Å². The second kappa shape index (κ2) is 8.52. The smallest absolute Gasteiger partial charge is 0.309 e. The summed E-state index contributed by atoms with van der Waals surface area (Å²) in [7, 11) is 2.28. The quantitative estimate of drug-likeness (QED) is 0.651. The van der Waals surface area contributed by atoms with E-state index in [1.165, 1.54) is 0 Å². The van der Waals surface area contributed by atoms with Gasteiger partial charge >= 0.3 is 7.48 Å². The number of nitrogens with zero attached hydrogens (tertiary/aromatic N) is 1. The van der Waals surface area contributed by atoms with Crippen LogP contribution in [0.1, 0.15) is 40.5 Å². The summed E-state index contributed by atoms with van der Waals surface area (Å²) in [6, 6.07) is 8.93. The minimum Gasteiger partial charge on any atom is -0.490 e. The first-order valence-corrected chi connectivity index (χ1v) is 10.1. The Morgan fingerprint density at radius 3 is 2.15 bits per heavy atom. The van der Waals surface area contributed by atoms with Crippen molar-refractivity contribution in [1.29, 1.82) is 0 Å². The van der Waals surface area contributed by atoms with Gasteiger partial charge < -0.3 is 18.9 Å². The van der Waals surface area contributed by atoms with Gasteiger partial charge in [0, 0.05) is 20.2 Å². The largest absolute Gasteiger partial charge is 0.490 e. The predicted octanol–water partition coefficient (Wildman–Crippen LogP) is 2.13. The number of piperidine rings is 1. The SMILES string of the molecule is COC(C)(C)C(C)(C)OBc1ccc(OC2CCN(C3COC3)CC2)cc1. The Kier molecular flexibility index (Phi) is 6.52. The summed E-state index contributed by atoms with van der Waals surface area (Å²) in [5.74, 6) is 0.945. The number of benzene rings is 1. The summed E-state index contributed by atoms with van der Waals surface area (Å²) in [4.78, 5) is 2.53. The molecular weight excluding hydrogens is 341 g/mol. The van der Waals surface area contributed by atoms with E-state index in [0.717, 1.165) is 50.4 Å². The third-order valence-electron chi connectivity index (χ3n) is 6.40. The molecular formula is C21H34BNO4. The Balaban J connectivity index is 1.45. The molecule has 5 nitrogen and oxygen atoms in total. The van der Waals surface area contributed by atoms with Gasteiger partial charge in [-0.2, -0.15) is 0 Å². The summed E-state index contributed by atoms with van der Waals surface area (Å²) < 4.78 is 23.2. The van der Waals surface area contributed by atoms with E-state index in [-0.39, 0.29) is 11.2 Å². The molecule has 0 N–H and O–H groups in total. The van der Waals surface area contributed by atoms with Gasteiger partial charge in [0.05, 0.1) is 30.5 Å². The van der Waals surface area contributed by atoms with E-state index in [1.807, 2.05) is 13.8 Å². The number of likely N-dealkylation sites (tertiary alicyclic amines) is 1. The van der Waals surface area contributed by atoms with Gasteiger partial charge in [-0.25, -0.2) is 0 Å². The molecule has 27 heavy (non-hydrogen) atoms. The minimum atomic E-state index is -0.379. The van der Waals surface area contributed by atoms with Crippen LogP contribution in [0.15, 0.2) is 24.3 Å². The summed E-state index contributed by atoms with van der Waals surface area (Å²) in [6.45, 7) is 12.2. The van der Waals surface area contributed by atoms with Gasteiger partial charge in [-0.05, 0) is 52.7 Å². The molecule has 0 unspecified atom stereocenters. The van der Waals surface area contributed by atoms with E-state index in [9.17, 15) is 0 Å². The molecule has 0 atom stereocenters. The van der Waals surface area contributed by atoms with Crippen molar-refractivity contribution in [2.75, 3.05) is 33.4 Å². The van der Waals surface area contributed by atoms with Gasteiger partial charge in [0.15, 0.2) is 0 Å². The zero-order chi connectivity index (χ0) is 19.5. The molecule has 0 saturated carbocycles. The Labute approximate surface area is 164 Å². The molecule has 1 aromatic rings. The summed E-state index contributed by atoms with van der Waals surface area (Å²) in [5.41, 5.74) is 0.412. The Hall–Kier alpha value is -1.08. The van der Waals surface area contributed by atoms with Crippen molar-refractivity contribution in [2.24, 2.45) is 0 Å². The molecule has 0 bridgehead atoms. The van der Waals surface area contributed by atoms with Crippen molar-refractivity contribution < 1.29 is 18.9 Å². The monoisotopic (exact) mass is 375 g/mol. The molecule has 2 aliphatic heterocycles. The molecule has 0 radical (unpaired) electrons. The normalized spacial score (nSPS) is 20.3. The van der Waals surface area contributed by atoms with Crippen molar-refractivity contribution in [3.05, 3.63) is 24.3 Å². The first kappa shape index (κ1) is 20.7. The Bertz CT molecular complexity index is 593. The molecule has 0 aromatic heterocycles. The number of hydrogen-bond acceptors (Lipinski definition) is 5. The highest BCUT2D eigenvalue weighted by atomic mass is 16.5. The van der Waals surface area contributed by atoms with Crippen LogP contribution in [0.5, 0.6) is 5.75 Å². The van der Waals surface area contributed by atoms with Gasteiger partial charge in [0.2, 0.25) is 0 Å². The van der Waals surface area contributed by atoms with Crippen LogP contribution in [0.3, 0.4) is 0 Å². The van der Waals surface area contributed by atoms with E-state index in [2.05, 4.69) is 43.0 Å². The van der Waals surface area contributed by atoms with Gasteiger partial charge in [-0.3, -0.25) is 4.90 Å². The van der Waals surface area contributed by atoms with Crippen molar-refractivity contribution in [2.45, 2.75) is 63.9 Å². The van der Waals surface area contributed by atoms with E-state index in [4.69, 9.17) is 18.9 Å². The standard InChI is InChI=1S/C21H34BNO4/c1-20(2,24-5)21(3,4)27-22-16-6-8-18(9-7-16)26-19-10-12-23(13-11-19)17-14-25-15-17/h6-9,17,19,22H,10-15H2,1-5H3. The lowest BCUT2D eigenvalue weighted by molar-refractivity contribution is -0.114. The maximum absolute atomic E-state index is 6.19. The first-order valence-electron chi connectivity index (χ1n) is 10.1. The third-order valence-corrected chi connectivity index (χ3v) is 6.40. The molecule has 6 heteroatoms. The maximum atomic E-state index is 6.19. The maximum Gasteiger partial charge on any atom is 0.309 e. The summed E-state index contributed by atoms with van der Waals surface area (Å²) >= 11 is 0. The third kappa shape index (κ3) is 5.05. The topological polar surface area (TPSA) is 40.2 Å². The van der Waals surface area contributed by atoms with Gasteiger partial charge in [0.25, 0.3) is 0 Å². The van der Waals surface area contributed by atoms with E-state index >= 15 is 0 Å². The van der Waals surface area contributed by atoms with Crippen LogP contribution in [0.2, 0.25) is 0 Å². The minimum absolute atomic E-state index is 0.311. The highest BCUT2D eigenvalue weighted by Crippen LogP contribution is 2.28. The zero-order valence-electron chi connectivity index (χ0n) is 17.5. The molecule has 3 rings (SSSR count). The summed E-state index contributed by atoms with van der Waals surface area (Å²) in [6.07, 6.45) is 2.48. The second-order valence-electron chi connectivity index (χ2n) is 8.70. The average molecular weight is 375 g/mol. The average Bonchev–Trinajstić information content (AvgIpc) is 2.61. The van der Waals surface area contributed by atoms with Crippen LogP contribution >= 0.6 is 0 Å². The van der Waals surface area contributed by atoms with Crippen LogP contribution in [0.25, 0.3) is 0 Å². The fourth-order valence-corrected chi connectivity index (χ4v) is 3.33. The predicted molar refractivity (Wildman–Crippen MR) is 109 cm³/mol. The number of methoxy groups -OCH3 is 1. The van der Waals surface area contributed by atoms with Gasteiger partial charge in [-0.1, -0.05) is 17.6 Å². The molecule has 0 aliphatic carbocycles. The van der Waals surface area contributed by atoms with Crippen LogP contribution in [-0.4, -0.2) is 69.1 Å². The van der Waals surface area contributed by atoms with E-state index < -0.39 is 0 Å². The fraction of sp³-hybridized carbons (Fsp3) is 0.714. The Morgan fingerprint density at radius 2 is 1.63 bits per heavy atom. The van der Waals surface area contributed by atoms with Crippen molar-refractivity contribution in [3.8, 4) is 5.75 Å². The molecule has 1 aromatic carbocycles. The van der Waals surface area contributed by atoms with Crippen molar-refractivity contribution in [1.82, 2.24) is 4.90 Å². The molecule has 2 saturated heterocycles. The number of ether oxygens (including phenoxy) is 3. The van der Waals surface area contributed by atoms with Crippen molar-refractivity contribution in [3.63, 3.8) is 0 Å². The lowest BCUT2D eigenvalue weighted by atomic mass is 9.82. The second-order valence-corrected chi connectivity index (χ2v) is 8.70. The van der Waals surface area contributed by atoms with Crippen LogP contribution in [0, 0.1) is 0 Å². The first-order chi connectivity index (χ1) is 12.8.